The lowest BCUT2D eigenvalue weighted by Crippen LogP contribution is -2.26. The van der Waals surface area contributed by atoms with Gasteiger partial charge in [-0.25, -0.2) is 13.4 Å². The first-order valence-corrected chi connectivity index (χ1v) is 11.7. The number of aromatic nitrogens is 1. The molecule has 0 saturated carbocycles. The van der Waals surface area contributed by atoms with Gasteiger partial charge in [-0.3, -0.25) is 4.79 Å². The summed E-state index contributed by atoms with van der Waals surface area (Å²) in [6, 6.07) is 13.1. The minimum atomic E-state index is -3.24. The first kappa shape index (κ1) is 21.0. The highest BCUT2D eigenvalue weighted by Gasteiger charge is 2.13. The lowest BCUT2D eigenvalue weighted by molar-refractivity contribution is 0.0940. The van der Waals surface area contributed by atoms with Crippen LogP contribution < -0.4 is 10.1 Å². The van der Waals surface area contributed by atoms with Gasteiger partial charge in [0, 0.05) is 17.2 Å². The molecule has 0 spiro atoms. The Balaban J connectivity index is 1.58. The average Bonchev–Trinajstić information content (AvgIpc) is 3.11. The molecule has 29 heavy (non-hydrogen) atoms. The van der Waals surface area contributed by atoms with E-state index >= 15 is 0 Å². The summed E-state index contributed by atoms with van der Waals surface area (Å²) < 4.78 is 28.8. The maximum atomic E-state index is 12.5. The molecule has 0 saturated heterocycles. The van der Waals surface area contributed by atoms with Crippen LogP contribution in [0, 0.1) is 6.92 Å². The Morgan fingerprint density at radius 3 is 2.34 bits per heavy atom. The third-order valence-electron chi connectivity index (χ3n) is 4.33. The van der Waals surface area contributed by atoms with Crippen molar-refractivity contribution in [2.75, 3.05) is 6.26 Å². The Morgan fingerprint density at radius 1 is 1.14 bits per heavy atom. The molecule has 0 aliphatic heterocycles. The van der Waals surface area contributed by atoms with Crippen LogP contribution in [0.3, 0.4) is 0 Å². The number of sulfone groups is 1. The monoisotopic (exact) mass is 430 g/mol. The molecule has 1 aromatic heterocycles. The number of hydrogen-bond acceptors (Lipinski definition) is 6. The third-order valence-corrected chi connectivity index (χ3v) is 6.28. The minimum absolute atomic E-state index is 0.216. The fourth-order valence-corrected chi connectivity index (χ4v) is 3.93. The van der Waals surface area contributed by atoms with Gasteiger partial charge in [0.15, 0.2) is 9.84 Å². The zero-order chi connectivity index (χ0) is 21.0. The molecule has 3 aromatic rings. The number of nitrogens with one attached hydrogen (secondary N) is 1. The molecule has 0 aliphatic rings. The van der Waals surface area contributed by atoms with Crippen LogP contribution in [0.15, 0.2) is 58.8 Å². The molecule has 1 heterocycles. The number of benzene rings is 2. The van der Waals surface area contributed by atoms with Crippen molar-refractivity contribution < 1.29 is 17.9 Å². The van der Waals surface area contributed by atoms with Crippen LogP contribution in [-0.4, -0.2) is 25.6 Å². The van der Waals surface area contributed by atoms with Crippen molar-refractivity contribution in [3.05, 3.63) is 75.7 Å². The molecule has 3 rings (SSSR count). The number of carbonyl (C=O) groups is 1. The lowest BCUT2D eigenvalue weighted by Gasteiger charge is -2.15. The molecule has 1 N–H and O–H groups in total. The van der Waals surface area contributed by atoms with E-state index < -0.39 is 9.84 Å². The van der Waals surface area contributed by atoms with Crippen LogP contribution in [-0.2, 0) is 16.4 Å². The summed E-state index contributed by atoms with van der Waals surface area (Å²) in [6.07, 6.45) is 1.17. The van der Waals surface area contributed by atoms with Gasteiger partial charge in [0.1, 0.15) is 12.4 Å². The van der Waals surface area contributed by atoms with E-state index in [9.17, 15) is 13.2 Å². The van der Waals surface area contributed by atoms with Crippen LogP contribution in [0.2, 0.25) is 0 Å². The molecule has 152 valence electrons. The normalized spacial score (nSPS) is 12.4. The summed E-state index contributed by atoms with van der Waals surface area (Å²) in [5.41, 5.74) is 2.22. The number of thiazole rings is 1. The predicted octanol–water partition coefficient (Wildman–Crippen LogP) is 3.93. The molecule has 0 unspecified atom stereocenters. The van der Waals surface area contributed by atoms with E-state index in [2.05, 4.69) is 10.3 Å². The SMILES string of the molecule is Cc1nc(COc2ccc(C(=O)N[C@H](C)c3ccc(S(C)(=O)=O)cc3)cc2)cs1. The average molecular weight is 431 g/mol. The summed E-state index contributed by atoms with van der Waals surface area (Å²) in [6.45, 7) is 4.18. The van der Waals surface area contributed by atoms with Gasteiger partial charge in [-0.2, -0.15) is 0 Å². The Morgan fingerprint density at radius 2 is 1.79 bits per heavy atom. The first-order valence-electron chi connectivity index (χ1n) is 8.97. The van der Waals surface area contributed by atoms with Crippen molar-refractivity contribution in [2.24, 2.45) is 0 Å². The summed E-state index contributed by atoms with van der Waals surface area (Å²) in [5, 5.41) is 5.87. The molecule has 1 atom stereocenters. The van der Waals surface area contributed by atoms with Crippen molar-refractivity contribution in [3.8, 4) is 5.75 Å². The summed E-state index contributed by atoms with van der Waals surface area (Å²) in [4.78, 5) is 17.1. The molecular weight excluding hydrogens is 408 g/mol. The van der Waals surface area contributed by atoms with Crippen LogP contribution >= 0.6 is 11.3 Å². The van der Waals surface area contributed by atoms with Crippen LogP contribution in [0.1, 0.15) is 39.6 Å². The Kier molecular flexibility index (Phi) is 6.34. The van der Waals surface area contributed by atoms with Crippen molar-refractivity contribution >= 4 is 27.1 Å². The van der Waals surface area contributed by atoms with Gasteiger partial charge in [-0.15, -0.1) is 11.3 Å². The molecule has 6 nitrogen and oxygen atoms in total. The number of ether oxygens (including phenoxy) is 1. The second-order valence-corrected chi connectivity index (χ2v) is 9.79. The fraction of sp³-hybridized carbons (Fsp3) is 0.238. The predicted molar refractivity (Wildman–Crippen MR) is 113 cm³/mol. The van der Waals surface area contributed by atoms with Gasteiger partial charge in [-0.1, -0.05) is 12.1 Å². The van der Waals surface area contributed by atoms with Gasteiger partial charge in [-0.05, 0) is 55.8 Å². The van der Waals surface area contributed by atoms with Gasteiger partial charge in [0.25, 0.3) is 5.91 Å². The van der Waals surface area contributed by atoms with E-state index in [1.807, 2.05) is 19.2 Å². The zero-order valence-electron chi connectivity index (χ0n) is 16.4. The van der Waals surface area contributed by atoms with Crippen molar-refractivity contribution in [2.45, 2.75) is 31.4 Å². The topological polar surface area (TPSA) is 85.4 Å². The highest BCUT2D eigenvalue weighted by Crippen LogP contribution is 2.18. The van der Waals surface area contributed by atoms with Gasteiger partial charge < -0.3 is 10.1 Å². The van der Waals surface area contributed by atoms with Crippen molar-refractivity contribution in [1.82, 2.24) is 10.3 Å². The molecule has 2 aromatic carbocycles. The number of rotatable bonds is 7. The van der Waals surface area contributed by atoms with Gasteiger partial charge in [0.05, 0.1) is 21.6 Å². The highest BCUT2D eigenvalue weighted by atomic mass is 32.2. The smallest absolute Gasteiger partial charge is 0.251 e. The quantitative estimate of drug-likeness (QED) is 0.614. The van der Waals surface area contributed by atoms with Gasteiger partial charge >= 0.3 is 0 Å². The maximum Gasteiger partial charge on any atom is 0.251 e. The van der Waals surface area contributed by atoms with Crippen LogP contribution in [0.4, 0.5) is 0 Å². The first-order chi connectivity index (χ1) is 13.7. The largest absolute Gasteiger partial charge is 0.487 e. The number of aryl methyl sites for hydroxylation is 1. The number of nitrogens with zero attached hydrogens (tertiary/aromatic N) is 1. The number of hydrogen-bond donors (Lipinski definition) is 1. The second-order valence-electron chi connectivity index (χ2n) is 6.71. The molecule has 0 fully saturated rings. The summed E-state index contributed by atoms with van der Waals surface area (Å²) in [7, 11) is -3.24. The maximum absolute atomic E-state index is 12.5. The highest BCUT2D eigenvalue weighted by molar-refractivity contribution is 7.90. The fourth-order valence-electron chi connectivity index (χ4n) is 2.70. The van der Waals surface area contributed by atoms with E-state index in [4.69, 9.17) is 4.74 Å². The van der Waals surface area contributed by atoms with Crippen LogP contribution in [0.25, 0.3) is 0 Å². The van der Waals surface area contributed by atoms with E-state index in [1.54, 1.807) is 59.9 Å². The van der Waals surface area contributed by atoms with E-state index in [1.165, 1.54) is 6.26 Å². The number of amides is 1. The van der Waals surface area contributed by atoms with Crippen molar-refractivity contribution in [1.29, 1.82) is 0 Å². The number of carbonyl (C=O) groups excluding carboxylic acids is 1. The third kappa shape index (κ3) is 5.65. The Labute approximate surface area is 174 Å². The summed E-state index contributed by atoms with van der Waals surface area (Å²) >= 11 is 1.58. The zero-order valence-corrected chi connectivity index (χ0v) is 18.0. The Hall–Kier alpha value is -2.71. The Bertz CT molecular complexity index is 1090. The molecule has 0 radical (unpaired) electrons. The molecule has 0 bridgehead atoms. The van der Waals surface area contributed by atoms with Crippen molar-refractivity contribution in [3.63, 3.8) is 0 Å². The van der Waals surface area contributed by atoms with E-state index in [0.29, 0.717) is 17.9 Å². The summed E-state index contributed by atoms with van der Waals surface area (Å²) in [5.74, 6) is 0.447. The molecule has 0 aliphatic carbocycles. The molecular formula is C21H22N2O4S2. The van der Waals surface area contributed by atoms with Crippen LogP contribution in [0.5, 0.6) is 5.75 Å². The minimum Gasteiger partial charge on any atom is -0.487 e. The lowest BCUT2D eigenvalue weighted by atomic mass is 10.1. The second kappa shape index (κ2) is 8.75. The standard InChI is InChI=1S/C21H22N2O4S2/c1-14(16-6-10-20(11-7-16)29(3,25)26)22-21(24)17-4-8-19(9-5-17)27-12-18-13-28-15(2)23-18/h4-11,13-14H,12H2,1-3H3,(H,22,24)/t14-/m1/s1. The van der Waals surface area contributed by atoms with E-state index in [0.717, 1.165) is 16.3 Å². The van der Waals surface area contributed by atoms with Gasteiger partial charge in [0.2, 0.25) is 0 Å². The molecule has 8 heteroatoms. The molecule has 1 amide bonds. The van der Waals surface area contributed by atoms with E-state index in [-0.39, 0.29) is 16.8 Å².